The minimum Gasteiger partial charge on any atom is -0.379 e. The smallest absolute Gasteiger partial charge is 0.288 e. The van der Waals surface area contributed by atoms with Gasteiger partial charge in [-0.3, -0.25) is 20.4 Å². The molecule has 1 aromatic rings. The highest BCUT2D eigenvalue weighted by Gasteiger charge is 2.16. The van der Waals surface area contributed by atoms with Crippen molar-refractivity contribution in [3.05, 3.63) is 16.0 Å². The van der Waals surface area contributed by atoms with Gasteiger partial charge in [0.25, 0.3) is 5.56 Å². The molecular weight excluding hydrogens is 223 g/mol. The summed E-state index contributed by atoms with van der Waals surface area (Å²) in [7, 11) is 0. The summed E-state index contributed by atoms with van der Waals surface area (Å²) in [6.45, 7) is 0.645. The molecule has 94 valence electrons. The highest BCUT2D eigenvalue weighted by molar-refractivity contribution is 5.94. The van der Waals surface area contributed by atoms with E-state index in [0.717, 1.165) is 6.42 Å². The third-order valence-corrected chi connectivity index (χ3v) is 3.33. The summed E-state index contributed by atoms with van der Waals surface area (Å²) in [5.74, 6) is -0.416. The van der Waals surface area contributed by atoms with Crippen LogP contribution in [0.25, 0.3) is 0 Å². The zero-order valence-electron chi connectivity index (χ0n) is 9.61. The van der Waals surface area contributed by atoms with Crippen LogP contribution in [0.15, 0.2) is 4.79 Å². The summed E-state index contributed by atoms with van der Waals surface area (Å²) in [6.07, 6.45) is 6.06. The predicted molar refractivity (Wildman–Crippen MR) is 64.4 cm³/mol. The van der Waals surface area contributed by atoms with Gasteiger partial charge in [-0.15, -0.1) is 0 Å². The Morgan fingerprint density at radius 3 is 2.76 bits per heavy atom. The molecule has 6 heteroatoms. The molecule has 0 amide bonds. The Hall–Kier alpha value is -1.59. The van der Waals surface area contributed by atoms with Crippen LogP contribution in [-0.2, 0) is 0 Å². The van der Waals surface area contributed by atoms with E-state index in [9.17, 15) is 9.18 Å². The van der Waals surface area contributed by atoms with Gasteiger partial charge < -0.3 is 5.32 Å². The zero-order valence-corrected chi connectivity index (χ0v) is 9.61. The second-order valence-electron chi connectivity index (χ2n) is 4.51. The van der Waals surface area contributed by atoms with Crippen LogP contribution in [0.4, 0.5) is 10.1 Å². The number of anilines is 1. The summed E-state index contributed by atoms with van der Waals surface area (Å²) in [5, 5.41) is 14.4. The van der Waals surface area contributed by atoms with Crippen LogP contribution in [-0.4, -0.2) is 22.7 Å². The van der Waals surface area contributed by atoms with E-state index in [4.69, 9.17) is 5.41 Å². The second kappa shape index (κ2) is 5.16. The molecule has 0 bridgehead atoms. The van der Waals surface area contributed by atoms with Crippen LogP contribution in [0.1, 0.15) is 37.8 Å². The fourth-order valence-corrected chi connectivity index (χ4v) is 2.39. The molecule has 1 aliphatic carbocycles. The molecule has 0 aromatic carbocycles. The van der Waals surface area contributed by atoms with Crippen molar-refractivity contribution < 1.29 is 4.39 Å². The van der Waals surface area contributed by atoms with E-state index in [-0.39, 0.29) is 11.4 Å². The lowest BCUT2D eigenvalue weighted by molar-refractivity contribution is 0.518. The molecule has 0 spiro atoms. The quantitative estimate of drug-likeness (QED) is 0.593. The van der Waals surface area contributed by atoms with Crippen LogP contribution in [0.3, 0.4) is 0 Å². The lowest BCUT2D eigenvalue weighted by atomic mass is 10.0. The van der Waals surface area contributed by atoms with Crippen molar-refractivity contribution in [1.82, 2.24) is 10.2 Å². The highest BCUT2D eigenvalue weighted by Crippen LogP contribution is 2.27. The Balaban J connectivity index is 1.91. The Kier molecular flexibility index (Phi) is 3.61. The number of aromatic amines is 2. The van der Waals surface area contributed by atoms with Crippen molar-refractivity contribution >= 4 is 11.7 Å². The van der Waals surface area contributed by atoms with E-state index < -0.39 is 11.5 Å². The molecule has 1 aromatic heterocycles. The Bertz CT molecular complexity index is 445. The average molecular weight is 240 g/mol. The van der Waals surface area contributed by atoms with Crippen molar-refractivity contribution in [2.75, 3.05) is 11.9 Å². The van der Waals surface area contributed by atoms with Crippen LogP contribution >= 0.6 is 0 Å². The molecule has 0 saturated heterocycles. The Labute approximate surface area is 98.3 Å². The molecule has 5 nitrogen and oxygen atoms in total. The number of rotatable bonds is 5. The Morgan fingerprint density at radius 1 is 1.41 bits per heavy atom. The van der Waals surface area contributed by atoms with E-state index in [2.05, 4.69) is 15.5 Å². The molecule has 0 atom stereocenters. The summed E-state index contributed by atoms with van der Waals surface area (Å²) < 4.78 is 12.8. The van der Waals surface area contributed by atoms with E-state index in [1.165, 1.54) is 25.7 Å². The summed E-state index contributed by atoms with van der Waals surface area (Å²) in [6, 6.07) is 0. The monoisotopic (exact) mass is 240 g/mol. The van der Waals surface area contributed by atoms with Gasteiger partial charge in [0.2, 0.25) is 5.97 Å². The average Bonchev–Trinajstić information content (AvgIpc) is 2.89. The Morgan fingerprint density at radius 2 is 2.12 bits per heavy atom. The molecule has 1 fully saturated rings. The summed E-state index contributed by atoms with van der Waals surface area (Å²) >= 11 is 0. The predicted octanol–water partition coefficient (Wildman–Crippen LogP) is 1.99. The summed E-state index contributed by atoms with van der Waals surface area (Å²) in [5.41, 5.74) is -0.370. The van der Waals surface area contributed by atoms with Gasteiger partial charge in [0, 0.05) is 6.54 Å². The van der Waals surface area contributed by atoms with Gasteiger partial charge in [-0.2, -0.15) is 4.39 Å². The van der Waals surface area contributed by atoms with Crippen molar-refractivity contribution in [3.8, 4) is 0 Å². The van der Waals surface area contributed by atoms with Gasteiger partial charge in [-0.05, 0) is 12.3 Å². The first-order chi connectivity index (χ1) is 8.18. The zero-order chi connectivity index (χ0) is 12.3. The van der Waals surface area contributed by atoms with Gasteiger partial charge in [-0.1, -0.05) is 25.7 Å². The number of hydrogen-bond donors (Lipinski definition) is 4. The molecule has 1 saturated carbocycles. The maximum absolute atomic E-state index is 12.8. The van der Waals surface area contributed by atoms with E-state index in [1.54, 1.807) is 0 Å². The SMILES string of the molecule is N=C(F)c1[nH][nH]c(=O)c1NCCC1CCCC1. The lowest BCUT2D eigenvalue weighted by Gasteiger charge is -2.09. The third kappa shape index (κ3) is 2.75. The molecule has 0 unspecified atom stereocenters. The molecule has 1 heterocycles. The topological polar surface area (TPSA) is 84.5 Å². The van der Waals surface area contributed by atoms with Gasteiger partial charge in [0.15, 0.2) is 0 Å². The fourth-order valence-electron chi connectivity index (χ4n) is 2.39. The van der Waals surface area contributed by atoms with Gasteiger partial charge in [0.1, 0.15) is 11.4 Å². The number of nitrogens with one attached hydrogen (secondary N) is 4. The molecule has 1 aliphatic rings. The van der Waals surface area contributed by atoms with Crippen LogP contribution in [0, 0.1) is 11.3 Å². The van der Waals surface area contributed by atoms with Crippen LogP contribution < -0.4 is 10.9 Å². The maximum atomic E-state index is 12.8. The van der Waals surface area contributed by atoms with Crippen molar-refractivity contribution in [3.63, 3.8) is 0 Å². The molecule has 2 rings (SSSR count). The molecule has 4 N–H and O–H groups in total. The number of halogens is 1. The second-order valence-corrected chi connectivity index (χ2v) is 4.51. The number of H-pyrrole nitrogens is 2. The first kappa shape index (κ1) is 11.9. The van der Waals surface area contributed by atoms with E-state index in [1.807, 2.05) is 0 Å². The lowest BCUT2D eigenvalue weighted by Crippen LogP contribution is -2.14. The minimum absolute atomic E-state index is 0.0959. The van der Waals surface area contributed by atoms with Gasteiger partial charge >= 0.3 is 0 Å². The van der Waals surface area contributed by atoms with E-state index >= 15 is 0 Å². The molecule has 0 radical (unpaired) electrons. The maximum Gasteiger partial charge on any atom is 0.288 e. The van der Waals surface area contributed by atoms with Crippen molar-refractivity contribution in [1.29, 1.82) is 5.41 Å². The number of hydrogen-bond acceptors (Lipinski definition) is 3. The van der Waals surface area contributed by atoms with Crippen molar-refractivity contribution in [2.45, 2.75) is 32.1 Å². The third-order valence-electron chi connectivity index (χ3n) is 3.33. The standard InChI is InChI=1S/C11H17FN4O/c12-10(13)8-9(11(17)16-15-8)14-6-5-7-3-1-2-4-7/h7,13-14H,1-6H2,(H2,15,16,17). The van der Waals surface area contributed by atoms with E-state index in [0.29, 0.717) is 12.5 Å². The normalized spacial score (nSPS) is 16.3. The minimum atomic E-state index is -1.13. The van der Waals surface area contributed by atoms with Gasteiger partial charge in [-0.25, -0.2) is 0 Å². The first-order valence-electron chi connectivity index (χ1n) is 5.97. The molecular formula is C11H17FN4O. The highest BCUT2D eigenvalue weighted by atomic mass is 19.1. The van der Waals surface area contributed by atoms with Crippen LogP contribution in [0.5, 0.6) is 0 Å². The van der Waals surface area contributed by atoms with Gasteiger partial charge in [0.05, 0.1) is 0 Å². The van der Waals surface area contributed by atoms with Crippen molar-refractivity contribution in [2.24, 2.45) is 5.92 Å². The number of aromatic nitrogens is 2. The summed E-state index contributed by atoms with van der Waals surface area (Å²) in [4.78, 5) is 11.4. The van der Waals surface area contributed by atoms with Crippen LogP contribution in [0.2, 0.25) is 0 Å². The molecule has 0 aliphatic heterocycles. The fraction of sp³-hybridized carbons (Fsp3) is 0.636. The first-order valence-corrected chi connectivity index (χ1v) is 5.97. The molecule has 17 heavy (non-hydrogen) atoms. The largest absolute Gasteiger partial charge is 0.379 e.